The third kappa shape index (κ3) is 5.69. The molecule has 3 rings (SSSR count). The molecule has 0 aromatic heterocycles. The van der Waals surface area contributed by atoms with Crippen molar-refractivity contribution in [2.45, 2.75) is 56.9 Å². The third-order valence-corrected chi connectivity index (χ3v) is 6.03. The van der Waals surface area contributed by atoms with Gasteiger partial charge < -0.3 is 16.0 Å². The minimum atomic E-state index is -0.181. The van der Waals surface area contributed by atoms with Crippen LogP contribution in [0.4, 0.5) is 0 Å². The first kappa shape index (κ1) is 21.7. The van der Waals surface area contributed by atoms with Crippen molar-refractivity contribution in [1.29, 1.82) is 0 Å². The van der Waals surface area contributed by atoms with E-state index in [1.54, 1.807) is 0 Å². The Hall–Kier alpha value is -1.59. The summed E-state index contributed by atoms with van der Waals surface area (Å²) < 4.78 is 0. The molecule has 1 aliphatic heterocycles. The zero-order valence-corrected chi connectivity index (χ0v) is 16.8. The van der Waals surface area contributed by atoms with Gasteiger partial charge in [0.1, 0.15) is 0 Å². The minimum Gasteiger partial charge on any atom is -0.349 e. The summed E-state index contributed by atoms with van der Waals surface area (Å²) in [6.45, 7) is 1.89. The predicted molar refractivity (Wildman–Crippen MR) is 110 cm³/mol. The molecule has 150 valence electrons. The van der Waals surface area contributed by atoms with Gasteiger partial charge in [-0.05, 0) is 37.7 Å². The van der Waals surface area contributed by atoms with Crippen molar-refractivity contribution in [2.75, 3.05) is 19.6 Å². The number of aryl methyl sites for hydroxylation is 1. The number of nitrogens with zero attached hydrogens (tertiary/aromatic N) is 1. The van der Waals surface area contributed by atoms with Gasteiger partial charge in [0, 0.05) is 32.0 Å². The number of hydrogen-bond acceptors (Lipinski definition) is 3. The molecule has 27 heavy (non-hydrogen) atoms. The largest absolute Gasteiger partial charge is 0.349 e. The van der Waals surface area contributed by atoms with Crippen LogP contribution in [0, 0.1) is 5.92 Å². The summed E-state index contributed by atoms with van der Waals surface area (Å²) in [5.74, 6) is 0.341. The molecule has 0 spiro atoms. The van der Waals surface area contributed by atoms with Gasteiger partial charge in [0.2, 0.25) is 11.8 Å². The molecule has 2 fully saturated rings. The minimum absolute atomic E-state index is 0. The molecular formula is C21H32ClN3O2. The normalized spacial score (nSPS) is 19.4. The molecule has 1 saturated carbocycles. The van der Waals surface area contributed by atoms with Crippen LogP contribution in [0.1, 0.15) is 50.5 Å². The molecule has 1 aromatic carbocycles. The van der Waals surface area contributed by atoms with Crippen LogP contribution in [0.25, 0.3) is 0 Å². The summed E-state index contributed by atoms with van der Waals surface area (Å²) in [5, 5.41) is 3.24. The van der Waals surface area contributed by atoms with Crippen LogP contribution in [0.2, 0.25) is 0 Å². The topological polar surface area (TPSA) is 75.4 Å². The van der Waals surface area contributed by atoms with Crippen molar-refractivity contribution in [3.63, 3.8) is 0 Å². The number of halogens is 1. The molecule has 6 heteroatoms. The fourth-order valence-electron chi connectivity index (χ4n) is 4.24. The van der Waals surface area contributed by atoms with E-state index in [2.05, 4.69) is 17.4 Å². The molecule has 5 nitrogen and oxygen atoms in total. The molecule has 1 aromatic rings. The van der Waals surface area contributed by atoms with Gasteiger partial charge in [-0.25, -0.2) is 0 Å². The van der Waals surface area contributed by atoms with Crippen LogP contribution in [-0.4, -0.2) is 41.9 Å². The number of nitrogens with two attached hydrogens (primary N) is 1. The number of benzene rings is 1. The Morgan fingerprint density at radius 2 is 1.74 bits per heavy atom. The Kier molecular flexibility index (Phi) is 8.11. The number of nitrogens with one attached hydrogen (secondary N) is 1. The maximum atomic E-state index is 12.6. The standard InChI is InChI=1S/C21H31N3O2.ClH/c22-16-21(12-4-5-13-21)23-20(26)18-10-14-24(15-11-18)19(25)9-8-17-6-2-1-3-7-17;/h1-3,6-7,18H,4-5,8-16,22H2,(H,23,26);1H. The van der Waals surface area contributed by atoms with E-state index in [0.717, 1.165) is 44.9 Å². The maximum absolute atomic E-state index is 12.6. The highest BCUT2D eigenvalue weighted by Gasteiger charge is 2.36. The van der Waals surface area contributed by atoms with Gasteiger partial charge >= 0.3 is 0 Å². The summed E-state index contributed by atoms with van der Waals surface area (Å²) in [6, 6.07) is 10.1. The number of carbonyl (C=O) groups excluding carboxylic acids is 2. The van der Waals surface area contributed by atoms with E-state index in [1.807, 2.05) is 23.1 Å². The number of likely N-dealkylation sites (tertiary alicyclic amines) is 1. The van der Waals surface area contributed by atoms with Crippen LogP contribution in [0.5, 0.6) is 0 Å². The summed E-state index contributed by atoms with van der Waals surface area (Å²) in [6.07, 6.45) is 7.10. The lowest BCUT2D eigenvalue weighted by Crippen LogP contribution is -2.54. The predicted octanol–water partition coefficient (Wildman–Crippen LogP) is 2.67. The second-order valence-electron chi connectivity index (χ2n) is 7.82. The summed E-state index contributed by atoms with van der Waals surface area (Å²) in [5.41, 5.74) is 6.93. The van der Waals surface area contributed by atoms with E-state index in [4.69, 9.17) is 5.73 Å². The molecule has 2 aliphatic rings. The number of piperidine rings is 1. The first-order valence-corrected chi connectivity index (χ1v) is 9.96. The van der Waals surface area contributed by atoms with Crippen LogP contribution in [0.15, 0.2) is 30.3 Å². The first-order valence-electron chi connectivity index (χ1n) is 9.96. The Morgan fingerprint density at radius 3 is 2.33 bits per heavy atom. The molecular weight excluding hydrogens is 362 g/mol. The van der Waals surface area contributed by atoms with Crippen molar-refractivity contribution in [3.8, 4) is 0 Å². The maximum Gasteiger partial charge on any atom is 0.223 e. The van der Waals surface area contributed by atoms with E-state index in [9.17, 15) is 9.59 Å². The quantitative estimate of drug-likeness (QED) is 0.780. The highest BCUT2D eigenvalue weighted by molar-refractivity contribution is 5.85. The molecule has 0 bridgehead atoms. The Labute approximate surface area is 168 Å². The van der Waals surface area contributed by atoms with Crippen LogP contribution in [0.3, 0.4) is 0 Å². The van der Waals surface area contributed by atoms with E-state index >= 15 is 0 Å². The lowest BCUT2D eigenvalue weighted by atomic mass is 9.92. The Balaban J connectivity index is 0.00000261. The molecule has 2 amide bonds. The molecule has 3 N–H and O–H groups in total. The van der Waals surface area contributed by atoms with Gasteiger partial charge in [-0.1, -0.05) is 43.2 Å². The van der Waals surface area contributed by atoms with E-state index in [1.165, 1.54) is 5.56 Å². The van der Waals surface area contributed by atoms with Gasteiger partial charge in [-0.15, -0.1) is 12.4 Å². The fourth-order valence-corrected chi connectivity index (χ4v) is 4.24. The summed E-state index contributed by atoms with van der Waals surface area (Å²) >= 11 is 0. The van der Waals surface area contributed by atoms with Crippen LogP contribution < -0.4 is 11.1 Å². The average Bonchev–Trinajstić information content (AvgIpc) is 3.16. The smallest absolute Gasteiger partial charge is 0.223 e. The second kappa shape index (κ2) is 10.1. The molecule has 0 atom stereocenters. The molecule has 1 aliphatic carbocycles. The fraction of sp³-hybridized carbons (Fsp3) is 0.619. The van der Waals surface area contributed by atoms with Crippen molar-refractivity contribution >= 4 is 24.2 Å². The van der Waals surface area contributed by atoms with Crippen molar-refractivity contribution in [2.24, 2.45) is 11.7 Å². The van der Waals surface area contributed by atoms with Crippen molar-refractivity contribution in [1.82, 2.24) is 10.2 Å². The molecule has 1 heterocycles. The van der Waals surface area contributed by atoms with Gasteiger partial charge in [0.15, 0.2) is 0 Å². The average molecular weight is 394 g/mol. The van der Waals surface area contributed by atoms with E-state index < -0.39 is 0 Å². The number of hydrogen-bond donors (Lipinski definition) is 2. The zero-order chi connectivity index (χ0) is 18.4. The number of carbonyl (C=O) groups is 2. The first-order chi connectivity index (χ1) is 12.6. The highest BCUT2D eigenvalue weighted by Crippen LogP contribution is 2.30. The molecule has 0 unspecified atom stereocenters. The Morgan fingerprint density at radius 1 is 1.11 bits per heavy atom. The van der Waals surface area contributed by atoms with Crippen LogP contribution >= 0.6 is 12.4 Å². The second-order valence-corrected chi connectivity index (χ2v) is 7.82. The van der Waals surface area contributed by atoms with E-state index in [-0.39, 0.29) is 35.7 Å². The summed E-state index contributed by atoms with van der Waals surface area (Å²) in [4.78, 5) is 27.0. The number of rotatable bonds is 6. The number of amides is 2. The van der Waals surface area contributed by atoms with Crippen LogP contribution in [-0.2, 0) is 16.0 Å². The highest BCUT2D eigenvalue weighted by atomic mass is 35.5. The van der Waals surface area contributed by atoms with E-state index in [0.29, 0.717) is 26.1 Å². The van der Waals surface area contributed by atoms with Crippen molar-refractivity contribution in [3.05, 3.63) is 35.9 Å². The van der Waals surface area contributed by atoms with Gasteiger partial charge in [0.05, 0.1) is 5.54 Å². The lowest BCUT2D eigenvalue weighted by Gasteiger charge is -2.35. The SMILES string of the molecule is Cl.NCC1(NC(=O)C2CCN(C(=O)CCc3ccccc3)CC2)CCCC1. The lowest BCUT2D eigenvalue weighted by molar-refractivity contribution is -0.136. The molecule has 0 radical (unpaired) electrons. The third-order valence-electron chi connectivity index (χ3n) is 6.03. The van der Waals surface area contributed by atoms with Gasteiger partial charge in [0.25, 0.3) is 0 Å². The van der Waals surface area contributed by atoms with Gasteiger partial charge in [-0.3, -0.25) is 9.59 Å². The Bertz CT molecular complexity index is 609. The zero-order valence-electron chi connectivity index (χ0n) is 16.0. The monoisotopic (exact) mass is 393 g/mol. The summed E-state index contributed by atoms with van der Waals surface area (Å²) in [7, 11) is 0. The van der Waals surface area contributed by atoms with Crippen molar-refractivity contribution < 1.29 is 9.59 Å². The molecule has 1 saturated heterocycles. The van der Waals surface area contributed by atoms with Gasteiger partial charge in [-0.2, -0.15) is 0 Å².